The zero-order valence-electron chi connectivity index (χ0n) is 23.8. The van der Waals surface area contributed by atoms with Gasteiger partial charge in [0.2, 0.25) is 0 Å². The Hall–Kier alpha value is -2.53. The molecule has 0 bridgehead atoms. The Balaban J connectivity index is 1.29. The molecule has 4 nitrogen and oxygen atoms in total. The van der Waals surface area contributed by atoms with E-state index in [4.69, 9.17) is 4.74 Å². The van der Waals surface area contributed by atoms with Crippen LogP contribution in [-0.2, 0) is 6.42 Å². The summed E-state index contributed by atoms with van der Waals surface area (Å²) in [5.74, 6) is 8.01. The number of hydrogen-bond acceptors (Lipinski definition) is 5. The molecule has 1 unspecified atom stereocenters. The number of likely N-dealkylation sites (tertiary alicyclic amines) is 1. The van der Waals surface area contributed by atoms with Gasteiger partial charge >= 0.3 is 6.18 Å². The zero-order valence-corrected chi connectivity index (χ0v) is 25.8. The van der Waals surface area contributed by atoms with Crippen LogP contribution >= 0.6 is 20.6 Å². The topological polar surface area (TPSA) is 36.5 Å². The number of alkyl halides is 4. The molecule has 1 saturated heterocycles. The highest BCUT2D eigenvalue weighted by molar-refractivity contribution is 7.27. The summed E-state index contributed by atoms with van der Waals surface area (Å²) < 4.78 is 62.5. The molecule has 42 heavy (non-hydrogen) atoms. The zero-order chi connectivity index (χ0) is 29.6. The maximum Gasteiger partial charge on any atom is 0.393 e. The van der Waals surface area contributed by atoms with E-state index in [1.807, 2.05) is 18.0 Å². The van der Waals surface area contributed by atoms with Gasteiger partial charge in [0.15, 0.2) is 0 Å². The van der Waals surface area contributed by atoms with Gasteiger partial charge in [-0.15, -0.1) is 20.6 Å². The predicted molar refractivity (Wildman–Crippen MR) is 168 cm³/mol. The van der Waals surface area contributed by atoms with E-state index in [0.29, 0.717) is 45.5 Å². The molecule has 2 saturated carbocycles. The molecule has 2 N–H and O–H groups in total. The minimum absolute atomic E-state index is 0.179. The quantitative estimate of drug-likeness (QED) is 0.160. The van der Waals surface area contributed by atoms with Crippen molar-refractivity contribution in [1.29, 1.82) is 0 Å². The van der Waals surface area contributed by atoms with Gasteiger partial charge in [0, 0.05) is 18.7 Å². The number of anilines is 2. The maximum absolute atomic E-state index is 14.8. The molecule has 1 aromatic heterocycles. The second-order valence-corrected chi connectivity index (χ2v) is 13.4. The van der Waals surface area contributed by atoms with E-state index < -0.39 is 18.8 Å². The first kappa shape index (κ1) is 29.5. The molecule has 6 rings (SSSR count). The Kier molecular flexibility index (Phi) is 8.34. The number of thiophene rings is 1. The number of nitrogens with zero attached hydrogens (tertiary/aromatic N) is 1. The summed E-state index contributed by atoms with van der Waals surface area (Å²) in [5.41, 5.74) is 4.24. The third kappa shape index (κ3) is 6.37. The van der Waals surface area contributed by atoms with Gasteiger partial charge in [0.25, 0.3) is 0 Å². The van der Waals surface area contributed by atoms with Crippen LogP contribution < -0.4 is 20.7 Å². The number of methoxy groups -OCH3 is 1. The fourth-order valence-corrected chi connectivity index (χ4v) is 7.77. The fraction of sp³-hybridized carbons (Fsp3) is 0.500. The van der Waals surface area contributed by atoms with E-state index in [2.05, 4.69) is 37.8 Å². The Labute approximate surface area is 250 Å². The highest BCUT2D eigenvalue weighted by Gasteiger charge is 2.35. The van der Waals surface area contributed by atoms with E-state index in [1.165, 1.54) is 27.8 Å². The van der Waals surface area contributed by atoms with E-state index in [9.17, 15) is 17.6 Å². The van der Waals surface area contributed by atoms with Crippen molar-refractivity contribution in [2.24, 2.45) is 0 Å². The summed E-state index contributed by atoms with van der Waals surface area (Å²) in [7, 11) is 6.45. The van der Waals surface area contributed by atoms with Gasteiger partial charge in [0.05, 0.1) is 47.1 Å². The molecule has 224 valence electrons. The number of ether oxygens (including phenoxy) is 1. The third-order valence-electron chi connectivity index (χ3n) is 8.43. The molecule has 2 aliphatic carbocycles. The van der Waals surface area contributed by atoms with E-state index in [1.54, 1.807) is 19.2 Å². The average molecular weight is 618 g/mol. The van der Waals surface area contributed by atoms with Crippen molar-refractivity contribution < 1.29 is 22.3 Å². The summed E-state index contributed by atoms with van der Waals surface area (Å²) in [6.45, 7) is 1.37. The molecular weight excluding hydrogens is 581 g/mol. The van der Waals surface area contributed by atoms with Gasteiger partial charge in [-0.1, -0.05) is 24.0 Å². The number of nitrogens with one attached hydrogen (secondary N) is 2. The summed E-state index contributed by atoms with van der Waals surface area (Å²) >= 11 is 1.25. The lowest BCUT2D eigenvalue weighted by molar-refractivity contribution is -0.126. The van der Waals surface area contributed by atoms with Crippen molar-refractivity contribution in [1.82, 2.24) is 4.90 Å². The molecule has 2 heterocycles. The Morgan fingerprint density at radius 1 is 1.14 bits per heavy atom. The number of piperidine rings is 1. The molecule has 3 fully saturated rings. The molecule has 3 aliphatic rings. The molecule has 0 radical (unpaired) electrons. The molecule has 0 amide bonds. The third-order valence-corrected chi connectivity index (χ3v) is 10.1. The minimum atomic E-state index is -4.38. The maximum atomic E-state index is 14.8. The smallest absolute Gasteiger partial charge is 0.393 e. The lowest BCUT2D eigenvalue weighted by Gasteiger charge is -2.33. The van der Waals surface area contributed by atoms with Crippen LogP contribution in [0.15, 0.2) is 24.3 Å². The average Bonchev–Trinajstić information content (AvgIpc) is 3.86. The lowest BCUT2D eigenvalue weighted by Crippen LogP contribution is -2.46. The van der Waals surface area contributed by atoms with Crippen molar-refractivity contribution in [2.45, 2.75) is 68.8 Å². The van der Waals surface area contributed by atoms with Crippen LogP contribution in [0.5, 0.6) is 5.75 Å². The van der Waals surface area contributed by atoms with Crippen LogP contribution in [0.2, 0.25) is 0 Å². The summed E-state index contributed by atoms with van der Waals surface area (Å²) in [6.07, 6.45) is -1.31. The van der Waals surface area contributed by atoms with E-state index >= 15 is 0 Å². The van der Waals surface area contributed by atoms with Crippen molar-refractivity contribution in [2.75, 3.05) is 44.4 Å². The molecule has 0 spiro atoms. The van der Waals surface area contributed by atoms with Crippen LogP contribution in [0.1, 0.15) is 65.5 Å². The molecular formula is C32H36F4N3OPS. The van der Waals surface area contributed by atoms with Gasteiger partial charge in [-0.25, -0.2) is 4.39 Å². The number of benzene rings is 2. The van der Waals surface area contributed by atoms with Crippen molar-refractivity contribution >= 4 is 47.3 Å². The van der Waals surface area contributed by atoms with Crippen molar-refractivity contribution in [3.63, 3.8) is 0 Å². The van der Waals surface area contributed by atoms with E-state index in [-0.39, 0.29) is 18.2 Å². The lowest BCUT2D eigenvalue weighted by atomic mass is 10.0. The minimum Gasteiger partial charge on any atom is -0.494 e. The highest BCUT2D eigenvalue weighted by Crippen LogP contribution is 2.52. The van der Waals surface area contributed by atoms with Gasteiger partial charge < -0.3 is 20.3 Å². The first-order valence-corrected chi connectivity index (χ1v) is 16.0. The second-order valence-electron chi connectivity index (χ2n) is 11.8. The molecule has 3 atom stereocenters. The Bertz CT molecular complexity index is 1540. The standard InChI is InChI=1S/C32H36F4N3OPS/c1-39-14-12-24(23(33)17-39)38-25-6-3-5-20-22(16-32(34,35)36)27(42-31(20)25)7-4-13-37-29-21(18-8-9-18)15-26(41)28(19-10-11-19)30(29)40-2/h3,5-6,15,18-19,23-24,37-38H,8-14,16-17,41H2,1-2H3/t23-,24+/m0/s1. The molecule has 3 aromatic rings. The molecule has 2 aromatic carbocycles. The van der Waals surface area contributed by atoms with Gasteiger partial charge in [-0.2, -0.15) is 13.2 Å². The van der Waals surface area contributed by atoms with Crippen molar-refractivity contribution in [3.8, 4) is 17.6 Å². The first-order chi connectivity index (χ1) is 20.1. The summed E-state index contributed by atoms with van der Waals surface area (Å²) in [4.78, 5) is 2.34. The monoisotopic (exact) mass is 617 g/mol. The van der Waals surface area contributed by atoms with Crippen molar-refractivity contribution in [3.05, 3.63) is 45.8 Å². The van der Waals surface area contributed by atoms with Crippen LogP contribution in [0.25, 0.3) is 10.1 Å². The fourth-order valence-electron chi connectivity index (χ4n) is 6.06. The van der Waals surface area contributed by atoms with Gasteiger partial charge in [-0.3, -0.25) is 0 Å². The second kappa shape index (κ2) is 11.9. The Morgan fingerprint density at radius 2 is 1.90 bits per heavy atom. The summed E-state index contributed by atoms with van der Waals surface area (Å²) in [5, 5.41) is 8.46. The van der Waals surface area contributed by atoms with E-state index in [0.717, 1.165) is 43.7 Å². The Morgan fingerprint density at radius 3 is 2.57 bits per heavy atom. The normalized spacial score (nSPS) is 21.2. The predicted octanol–water partition coefficient (Wildman–Crippen LogP) is 7.19. The number of fused-ring (bicyclic) bond motifs is 1. The van der Waals surface area contributed by atoms with Gasteiger partial charge in [0.1, 0.15) is 11.9 Å². The first-order valence-electron chi connectivity index (χ1n) is 14.6. The summed E-state index contributed by atoms with van der Waals surface area (Å²) in [6, 6.07) is 7.11. The molecule has 10 heteroatoms. The van der Waals surface area contributed by atoms with Crippen LogP contribution in [-0.4, -0.2) is 57.1 Å². The molecule has 1 aliphatic heterocycles. The number of hydrogen-bond donors (Lipinski definition) is 2. The SMILES string of the molecule is COc1c(NCC#Cc2sc3c(N[C@@H]4CCN(C)C[C@@H]4F)cccc3c2CC(F)(F)F)c(C2CC2)cc(P)c1C1CC1. The van der Waals surface area contributed by atoms with Crippen LogP contribution in [0.4, 0.5) is 28.9 Å². The largest absolute Gasteiger partial charge is 0.494 e. The number of rotatable bonds is 8. The van der Waals surface area contributed by atoms with Gasteiger partial charge in [-0.05, 0) is 84.9 Å². The highest BCUT2D eigenvalue weighted by atomic mass is 32.1. The van der Waals surface area contributed by atoms with Crippen LogP contribution in [0.3, 0.4) is 0 Å². The van der Waals surface area contributed by atoms with Crippen LogP contribution in [0, 0.1) is 11.8 Å². The number of halogens is 4.